The highest BCUT2D eigenvalue weighted by Gasteiger charge is 2.24. The number of rotatable bonds is 8. The van der Waals surface area contributed by atoms with Crippen LogP contribution in [0.5, 0.6) is 0 Å². The zero-order chi connectivity index (χ0) is 58.1. The number of nitrogens with zero attached hydrogens (tertiary/aromatic N) is 8. The Hall–Kier alpha value is -12.1. The maximum Gasteiger partial charge on any atom is 0.238 e. The average molecular weight is 1130 g/mol. The Balaban J connectivity index is 0.000000137. The third-order valence-electron chi connectivity index (χ3n) is 16.5. The zero-order valence-corrected chi connectivity index (χ0v) is 47.1. The van der Waals surface area contributed by atoms with Crippen molar-refractivity contribution in [3.8, 4) is 79.7 Å². The van der Waals surface area contributed by atoms with Gasteiger partial charge in [-0.3, -0.25) is 4.57 Å². The van der Waals surface area contributed by atoms with Gasteiger partial charge in [0.1, 0.15) is 16.7 Å². The average Bonchev–Trinajstić information content (AvgIpc) is 1.81. The van der Waals surface area contributed by atoms with E-state index in [-0.39, 0.29) is 0 Å². The zero-order valence-electron chi connectivity index (χ0n) is 47.1. The van der Waals surface area contributed by atoms with Crippen LogP contribution in [0.25, 0.3) is 167 Å². The molecule has 10 nitrogen and oxygen atoms in total. The number of para-hydroxylation sites is 4. The second-order valence-electron chi connectivity index (χ2n) is 21.8. The van der Waals surface area contributed by atoms with Crippen molar-refractivity contribution >= 4 is 87.5 Å². The van der Waals surface area contributed by atoms with Crippen molar-refractivity contribution in [3.05, 3.63) is 291 Å². The van der Waals surface area contributed by atoms with Crippen molar-refractivity contribution in [2.24, 2.45) is 0 Å². The highest BCUT2D eigenvalue weighted by molar-refractivity contribution is 6.23. The molecule has 0 radical (unpaired) electrons. The molecule has 0 spiro atoms. The summed E-state index contributed by atoms with van der Waals surface area (Å²) in [6, 6.07) is 99.4. The molecule has 0 atom stereocenters. The van der Waals surface area contributed by atoms with Crippen LogP contribution in [0.1, 0.15) is 0 Å². The second-order valence-corrected chi connectivity index (χ2v) is 21.8. The fourth-order valence-corrected chi connectivity index (χ4v) is 12.4. The molecule has 18 rings (SSSR count). The second kappa shape index (κ2) is 20.9. The fourth-order valence-electron chi connectivity index (χ4n) is 12.4. The van der Waals surface area contributed by atoms with Crippen LogP contribution in [0.15, 0.2) is 300 Å². The van der Waals surface area contributed by atoms with Crippen LogP contribution in [-0.2, 0) is 0 Å². The molecule has 0 N–H and O–H groups in total. The quantitative estimate of drug-likeness (QED) is 0.148. The van der Waals surface area contributed by atoms with Crippen molar-refractivity contribution in [2.45, 2.75) is 0 Å². The monoisotopic (exact) mass is 1130 g/mol. The van der Waals surface area contributed by atoms with Crippen LogP contribution in [-0.4, -0.2) is 39.0 Å². The van der Waals surface area contributed by atoms with E-state index in [4.69, 9.17) is 38.7 Å². The summed E-state index contributed by atoms with van der Waals surface area (Å²) in [6.07, 6.45) is 0. The van der Waals surface area contributed by atoms with Crippen LogP contribution >= 0.6 is 0 Å². The van der Waals surface area contributed by atoms with Crippen LogP contribution in [0.3, 0.4) is 0 Å². The first-order valence-electron chi connectivity index (χ1n) is 29.3. The number of furan rings is 2. The van der Waals surface area contributed by atoms with Gasteiger partial charge in [-0.2, -0.15) is 9.97 Å². The van der Waals surface area contributed by atoms with E-state index in [0.717, 1.165) is 127 Å². The van der Waals surface area contributed by atoms with Crippen molar-refractivity contribution in [3.63, 3.8) is 0 Å². The van der Waals surface area contributed by atoms with E-state index < -0.39 is 0 Å². The number of benzene rings is 12. The van der Waals surface area contributed by atoms with Gasteiger partial charge in [0.15, 0.2) is 40.3 Å². The molecule has 0 amide bonds. The summed E-state index contributed by atoms with van der Waals surface area (Å²) >= 11 is 0. The third-order valence-corrected chi connectivity index (χ3v) is 16.5. The van der Waals surface area contributed by atoms with Gasteiger partial charge in [0.05, 0.1) is 16.6 Å². The first-order chi connectivity index (χ1) is 43.6. The standard InChI is InChI=1S/2C39H24N4O/c1-3-12-25(13-4-1)27-16-11-17-28(24-27)38-40-37(26-14-5-2-6-15-26)41-39(42-38)43-33-20-9-7-18-29(33)31-22-23-32-30-19-8-10-21-34(30)44-36(32)35(31)43;1-3-11-25(12-4-1)37-40-38(26-13-5-2-6-14-26)42-39(41-37)27-19-21-28(22-20-27)43-33-17-9-7-15-29(33)31-23-24-32-30-16-8-10-18-34(30)44-36(32)35(31)43/h2*1-24H. The van der Waals surface area contributed by atoms with Gasteiger partial charge in [0, 0.05) is 76.6 Å². The lowest BCUT2D eigenvalue weighted by Gasteiger charge is -2.11. The van der Waals surface area contributed by atoms with Gasteiger partial charge in [-0.1, -0.05) is 224 Å². The van der Waals surface area contributed by atoms with E-state index in [0.29, 0.717) is 35.1 Å². The predicted molar refractivity (Wildman–Crippen MR) is 356 cm³/mol. The van der Waals surface area contributed by atoms with E-state index in [1.165, 1.54) is 5.39 Å². The molecule has 0 unspecified atom stereocenters. The Morgan fingerprint density at radius 1 is 0.227 bits per heavy atom. The van der Waals surface area contributed by atoms with E-state index in [9.17, 15) is 0 Å². The largest absolute Gasteiger partial charge is 0.454 e. The molecule has 12 aromatic carbocycles. The Labute approximate surface area is 503 Å². The van der Waals surface area contributed by atoms with Gasteiger partial charge in [0.2, 0.25) is 5.95 Å². The van der Waals surface area contributed by atoms with Crippen molar-refractivity contribution in [1.29, 1.82) is 0 Å². The normalized spacial score (nSPS) is 11.6. The van der Waals surface area contributed by atoms with Gasteiger partial charge in [0.25, 0.3) is 0 Å². The molecule has 0 bridgehead atoms. The highest BCUT2D eigenvalue weighted by atomic mass is 16.3. The van der Waals surface area contributed by atoms with Gasteiger partial charge in [-0.15, -0.1) is 0 Å². The van der Waals surface area contributed by atoms with Crippen LogP contribution in [0.2, 0.25) is 0 Å². The molecule has 6 aromatic heterocycles. The molecule has 10 heteroatoms. The van der Waals surface area contributed by atoms with Crippen molar-refractivity contribution in [2.75, 3.05) is 0 Å². The topological polar surface area (TPSA) is 113 Å². The van der Waals surface area contributed by atoms with E-state index in [2.05, 4.69) is 173 Å². The minimum Gasteiger partial charge on any atom is -0.454 e. The molecular formula is C78H48N8O2. The van der Waals surface area contributed by atoms with Gasteiger partial charge in [-0.05, 0) is 77.9 Å². The van der Waals surface area contributed by atoms with Gasteiger partial charge < -0.3 is 13.4 Å². The molecule has 0 fully saturated rings. The summed E-state index contributed by atoms with van der Waals surface area (Å²) in [5.74, 6) is 3.68. The minimum absolute atomic E-state index is 0.540. The van der Waals surface area contributed by atoms with E-state index >= 15 is 0 Å². The number of hydrogen-bond donors (Lipinski definition) is 0. The Morgan fingerprint density at radius 3 is 1.08 bits per heavy atom. The van der Waals surface area contributed by atoms with Gasteiger partial charge in [-0.25, -0.2) is 19.9 Å². The molecule has 0 saturated carbocycles. The smallest absolute Gasteiger partial charge is 0.238 e. The van der Waals surface area contributed by atoms with Crippen LogP contribution in [0, 0.1) is 0 Å². The number of aromatic nitrogens is 8. The molecule has 6 heterocycles. The Kier molecular flexibility index (Phi) is 12.0. The lowest BCUT2D eigenvalue weighted by molar-refractivity contribution is 0.670. The summed E-state index contributed by atoms with van der Waals surface area (Å²) in [5, 5.41) is 8.92. The van der Waals surface area contributed by atoms with E-state index in [1.54, 1.807) is 0 Å². The highest BCUT2D eigenvalue weighted by Crippen LogP contribution is 2.43. The molecule has 18 aromatic rings. The molecular weight excluding hydrogens is 1080 g/mol. The summed E-state index contributed by atoms with van der Waals surface area (Å²) in [4.78, 5) is 30.0. The molecule has 412 valence electrons. The summed E-state index contributed by atoms with van der Waals surface area (Å²) < 4.78 is 17.5. The van der Waals surface area contributed by atoms with Crippen LogP contribution in [0.4, 0.5) is 0 Å². The molecule has 0 saturated heterocycles. The number of fused-ring (bicyclic) bond motifs is 14. The Bertz CT molecular complexity index is 5620. The van der Waals surface area contributed by atoms with Crippen molar-refractivity contribution in [1.82, 2.24) is 39.0 Å². The van der Waals surface area contributed by atoms with Crippen molar-refractivity contribution < 1.29 is 8.83 Å². The Morgan fingerprint density at radius 2 is 0.580 bits per heavy atom. The molecule has 0 aliphatic rings. The molecule has 0 aliphatic heterocycles. The predicted octanol–water partition coefficient (Wildman–Crippen LogP) is 19.7. The first-order valence-corrected chi connectivity index (χ1v) is 29.3. The summed E-state index contributed by atoms with van der Waals surface area (Å²) in [5.41, 5.74) is 15.5. The maximum absolute atomic E-state index is 6.56. The summed E-state index contributed by atoms with van der Waals surface area (Å²) in [7, 11) is 0. The molecule has 0 aliphatic carbocycles. The fraction of sp³-hybridized carbons (Fsp3) is 0. The first kappa shape index (κ1) is 50.4. The minimum atomic E-state index is 0.540. The van der Waals surface area contributed by atoms with Crippen LogP contribution < -0.4 is 0 Å². The number of hydrogen-bond acceptors (Lipinski definition) is 8. The SMILES string of the molecule is c1ccc(-c2cccc(-c3nc(-c4ccccc4)nc(-n4c5ccccc5c5ccc6c7ccccc7oc6c54)n3)c2)cc1.c1ccc(-c2nc(-c3ccccc3)nc(-c3ccc(-n4c5ccccc5c5ccc6c7ccccc7oc6c54)cc3)n2)cc1. The lowest BCUT2D eigenvalue weighted by Crippen LogP contribution is -2.06. The van der Waals surface area contributed by atoms with Gasteiger partial charge >= 0.3 is 0 Å². The lowest BCUT2D eigenvalue weighted by atomic mass is 10.0. The third kappa shape index (κ3) is 8.57. The summed E-state index contributed by atoms with van der Waals surface area (Å²) in [6.45, 7) is 0. The van der Waals surface area contributed by atoms with E-state index in [1.807, 2.05) is 127 Å². The maximum atomic E-state index is 6.56. The molecule has 88 heavy (non-hydrogen) atoms.